The van der Waals surface area contributed by atoms with Gasteiger partial charge in [0.05, 0.1) is 6.61 Å². The molecule has 0 radical (unpaired) electrons. The highest BCUT2D eigenvalue weighted by Gasteiger charge is 2.19. The van der Waals surface area contributed by atoms with E-state index < -0.39 is 0 Å². The highest BCUT2D eigenvalue weighted by atomic mass is 35.5. The van der Waals surface area contributed by atoms with Crippen LogP contribution in [-0.4, -0.2) is 36.2 Å². The van der Waals surface area contributed by atoms with Crippen molar-refractivity contribution in [1.82, 2.24) is 4.90 Å². The molecule has 1 fully saturated rings. The summed E-state index contributed by atoms with van der Waals surface area (Å²) < 4.78 is 1.27. The number of nitrogens with zero attached hydrogens (tertiary/aromatic N) is 2. The van der Waals surface area contributed by atoms with E-state index in [1.165, 1.54) is 21.3 Å². The van der Waals surface area contributed by atoms with E-state index in [4.69, 9.17) is 0 Å². The number of anilines is 1. The minimum absolute atomic E-state index is 0. The summed E-state index contributed by atoms with van der Waals surface area (Å²) in [7, 11) is 0. The zero-order chi connectivity index (χ0) is 16.4. The van der Waals surface area contributed by atoms with Crippen LogP contribution in [0.5, 0.6) is 0 Å². The summed E-state index contributed by atoms with van der Waals surface area (Å²) in [6, 6.07) is 19.3. The molecule has 0 bridgehead atoms. The van der Waals surface area contributed by atoms with Gasteiger partial charge in [-0.3, -0.25) is 4.90 Å². The van der Waals surface area contributed by atoms with Crippen molar-refractivity contribution in [2.24, 2.45) is 0 Å². The van der Waals surface area contributed by atoms with Gasteiger partial charge in [-0.2, -0.15) is 0 Å². The van der Waals surface area contributed by atoms with Crippen molar-refractivity contribution < 1.29 is 5.11 Å². The van der Waals surface area contributed by atoms with Crippen molar-refractivity contribution in [2.75, 3.05) is 31.1 Å². The van der Waals surface area contributed by atoms with Crippen molar-refractivity contribution in [2.45, 2.75) is 13.2 Å². The molecule has 0 atom stereocenters. The number of piperazine rings is 1. The van der Waals surface area contributed by atoms with Gasteiger partial charge in [-0.25, -0.2) is 0 Å². The molecule has 0 spiro atoms. The fourth-order valence-corrected chi connectivity index (χ4v) is 4.38. The molecule has 3 aromatic rings. The van der Waals surface area contributed by atoms with E-state index in [-0.39, 0.29) is 19.0 Å². The molecule has 0 saturated carbocycles. The number of rotatable bonds is 4. The summed E-state index contributed by atoms with van der Waals surface area (Å²) in [6.07, 6.45) is 0. The molecule has 2 aromatic carbocycles. The van der Waals surface area contributed by atoms with E-state index in [2.05, 4.69) is 64.4 Å². The Labute approximate surface area is 158 Å². The van der Waals surface area contributed by atoms with Crippen molar-refractivity contribution in [3.05, 3.63) is 65.0 Å². The fourth-order valence-electron chi connectivity index (χ4n) is 3.44. The van der Waals surface area contributed by atoms with Crippen LogP contribution in [0, 0.1) is 0 Å². The second kappa shape index (κ2) is 8.19. The van der Waals surface area contributed by atoms with Gasteiger partial charge in [0, 0.05) is 53.4 Å². The Bertz CT molecular complexity index is 813. The number of fused-ring (bicyclic) bond motifs is 1. The number of hydrogen-bond donors (Lipinski definition) is 1. The van der Waals surface area contributed by atoms with Crippen LogP contribution in [0.1, 0.15) is 10.4 Å². The van der Waals surface area contributed by atoms with Crippen LogP contribution in [-0.2, 0) is 13.2 Å². The maximum atomic E-state index is 9.40. The van der Waals surface area contributed by atoms with Gasteiger partial charge >= 0.3 is 0 Å². The summed E-state index contributed by atoms with van der Waals surface area (Å²) in [5, 5.41) is 10.7. The summed E-state index contributed by atoms with van der Waals surface area (Å²) in [5.41, 5.74) is 2.70. The van der Waals surface area contributed by atoms with Crippen LogP contribution in [0.4, 0.5) is 5.69 Å². The molecule has 0 amide bonds. The lowest BCUT2D eigenvalue weighted by Gasteiger charge is -2.36. The van der Waals surface area contributed by atoms with Crippen LogP contribution in [0.3, 0.4) is 0 Å². The molecule has 25 heavy (non-hydrogen) atoms. The lowest BCUT2D eigenvalue weighted by Crippen LogP contribution is -2.46. The second-order valence-corrected chi connectivity index (χ2v) is 7.48. The van der Waals surface area contributed by atoms with Crippen LogP contribution in [0.25, 0.3) is 10.1 Å². The molecule has 132 valence electrons. The molecule has 2 heterocycles. The number of benzene rings is 2. The van der Waals surface area contributed by atoms with E-state index in [0.29, 0.717) is 0 Å². The maximum absolute atomic E-state index is 9.40. The molecule has 1 N–H and O–H groups in total. The molecule has 4 rings (SSSR count). The van der Waals surface area contributed by atoms with Gasteiger partial charge in [-0.1, -0.05) is 36.4 Å². The third kappa shape index (κ3) is 3.98. The molecule has 0 unspecified atom stereocenters. The van der Waals surface area contributed by atoms with Crippen LogP contribution >= 0.6 is 23.7 Å². The number of aliphatic hydroxyl groups excluding tert-OH is 1. The Morgan fingerprint density at radius 3 is 2.40 bits per heavy atom. The first-order valence-corrected chi connectivity index (χ1v) is 9.28. The van der Waals surface area contributed by atoms with Gasteiger partial charge in [0.25, 0.3) is 0 Å². The van der Waals surface area contributed by atoms with Gasteiger partial charge < -0.3 is 10.0 Å². The molecule has 0 aliphatic carbocycles. The quantitative estimate of drug-likeness (QED) is 0.743. The van der Waals surface area contributed by atoms with Crippen molar-refractivity contribution in [3.8, 4) is 0 Å². The van der Waals surface area contributed by atoms with E-state index in [9.17, 15) is 5.11 Å². The summed E-state index contributed by atoms with van der Waals surface area (Å²) in [6.45, 7) is 5.44. The average Bonchev–Trinajstić information content (AvgIpc) is 3.07. The maximum Gasteiger partial charge on any atom is 0.0774 e. The van der Waals surface area contributed by atoms with Gasteiger partial charge in [-0.15, -0.1) is 23.7 Å². The lowest BCUT2D eigenvalue weighted by molar-refractivity contribution is 0.250. The smallest absolute Gasteiger partial charge is 0.0774 e. The SMILES string of the molecule is Cl.OCc1cc2c(N3CCN(Cc4ccccc4)CC3)cccc2s1. The highest BCUT2D eigenvalue weighted by molar-refractivity contribution is 7.19. The van der Waals surface area contributed by atoms with E-state index >= 15 is 0 Å². The molecule has 3 nitrogen and oxygen atoms in total. The Morgan fingerprint density at radius 2 is 1.68 bits per heavy atom. The molecule has 1 aromatic heterocycles. The van der Waals surface area contributed by atoms with Gasteiger partial charge in [-0.05, 0) is 23.8 Å². The Hall–Kier alpha value is -1.59. The van der Waals surface area contributed by atoms with E-state index in [1.807, 2.05) is 0 Å². The summed E-state index contributed by atoms with van der Waals surface area (Å²) in [4.78, 5) is 6.05. The first-order chi connectivity index (χ1) is 11.8. The molecule has 1 aliphatic heterocycles. The topological polar surface area (TPSA) is 26.7 Å². The van der Waals surface area contributed by atoms with E-state index in [0.717, 1.165) is 37.6 Å². The molecular formula is C20H23ClN2OS. The minimum atomic E-state index is 0. The Morgan fingerprint density at radius 1 is 0.920 bits per heavy atom. The van der Waals surface area contributed by atoms with Crippen molar-refractivity contribution in [3.63, 3.8) is 0 Å². The molecule has 1 aliphatic rings. The van der Waals surface area contributed by atoms with Gasteiger partial charge in [0.2, 0.25) is 0 Å². The first-order valence-electron chi connectivity index (χ1n) is 8.47. The monoisotopic (exact) mass is 374 g/mol. The zero-order valence-corrected chi connectivity index (χ0v) is 15.7. The first kappa shape index (κ1) is 18.2. The number of aliphatic hydroxyl groups is 1. The van der Waals surface area contributed by atoms with Gasteiger partial charge in [0.15, 0.2) is 0 Å². The minimum Gasteiger partial charge on any atom is -0.391 e. The normalized spacial score (nSPS) is 15.3. The van der Waals surface area contributed by atoms with Crippen molar-refractivity contribution >= 4 is 39.5 Å². The standard InChI is InChI=1S/C20H22N2OS.ClH/c23-15-17-13-18-19(7-4-8-20(18)24-17)22-11-9-21(10-12-22)14-16-5-2-1-3-6-16;/h1-8,13,23H,9-12,14-15H2;1H. The fraction of sp³-hybridized carbons (Fsp3) is 0.300. The predicted molar refractivity (Wildman–Crippen MR) is 109 cm³/mol. The number of thiophene rings is 1. The van der Waals surface area contributed by atoms with Gasteiger partial charge in [0.1, 0.15) is 0 Å². The predicted octanol–water partition coefficient (Wildman–Crippen LogP) is 4.14. The lowest BCUT2D eigenvalue weighted by atomic mass is 10.1. The summed E-state index contributed by atoms with van der Waals surface area (Å²) in [5.74, 6) is 0. The van der Waals surface area contributed by atoms with Crippen LogP contribution in [0.15, 0.2) is 54.6 Å². The van der Waals surface area contributed by atoms with Crippen LogP contribution in [0.2, 0.25) is 0 Å². The highest BCUT2D eigenvalue weighted by Crippen LogP contribution is 2.34. The van der Waals surface area contributed by atoms with E-state index in [1.54, 1.807) is 11.3 Å². The zero-order valence-electron chi connectivity index (χ0n) is 14.1. The third-order valence-corrected chi connectivity index (χ3v) is 5.79. The second-order valence-electron chi connectivity index (χ2n) is 6.31. The van der Waals surface area contributed by atoms with Crippen LogP contribution < -0.4 is 4.90 Å². The number of hydrogen-bond acceptors (Lipinski definition) is 4. The Kier molecular flexibility index (Phi) is 5.97. The average molecular weight is 375 g/mol. The summed E-state index contributed by atoms with van der Waals surface area (Å²) >= 11 is 1.69. The molecular weight excluding hydrogens is 352 g/mol. The molecule has 5 heteroatoms. The largest absolute Gasteiger partial charge is 0.391 e. The number of halogens is 1. The molecule has 1 saturated heterocycles. The van der Waals surface area contributed by atoms with Crippen molar-refractivity contribution in [1.29, 1.82) is 0 Å². The third-order valence-electron chi connectivity index (χ3n) is 4.71. The Balaban J connectivity index is 0.00000182.